The average Bonchev–Trinajstić information content (AvgIpc) is 2.27. The van der Waals surface area contributed by atoms with Crippen LogP contribution in [0.15, 0.2) is 24.3 Å². The molecule has 0 aliphatic rings. The van der Waals surface area contributed by atoms with Crippen LogP contribution in [0.4, 0.5) is 0 Å². The van der Waals surface area contributed by atoms with E-state index in [2.05, 4.69) is 58.5 Å². The predicted molar refractivity (Wildman–Crippen MR) is 73.7 cm³/mol. The average molecular weight is 238 g/mol. The molecular formula is C14H22OS. The molecule has 0 atom stereocenters. The molecule has 0 heterocycles. The van der Waals surface area contributed by atoms with Gasteiger partial charge < -0.3 is 4.74 Å². The Labute approximate surface area is 105 Å². The standard InChI is InChI=1S/C14H22OS/c1-11(2)12-6-5-7-13(8-12)15-9-14(3,4)10-16/h5-8,11,16H,9-10H2,1-4H3. The van der Waals surface area contributed by atoms with Gasteiger partial charge >= 0.3 is 0 Å². The van der Waals surface area contributed by atoms with E-state index in [0.717, 1.165) is 11.5 Å². The van der Waals surface area contributed by atoms with Crippen LogP contribution in [0, 0.1) is 5.41 Å². The molecule has 1 rings (SSSR count). The summed E-state index contributed by atoms with van der Waals surface area (Å²) in [6, 6.07) is 8.33. The Morgan fingerprint density at radius 2 is 2.00 bits per heavy atom. The number of rotatable bonds is 5. The van der Waals surface area contributed by atoms with Crippen molar-refractivity contribution in [1.82, 2.24) is 0 Å². The number of ether oxygens (including phenoxy) is 1. The van der Waals surface area contributed by atoms with E-state index < -0.39 is 0 Å². The first kappa shape index (κ1) is 13.4. The Bertz CT molecular complexity index is 331. The molecule has 0 saturated carbocycles. The van der Waals surface area contributed by atoms with Gasteiger partial charge in [0.2, 0.25) is 0 Å². The van der Waals surface area contributed by atoms with Crippen molar-refractivity contribution in [1.29, 1.82) is 0 Å². The molecule has 0 fully saturated rings. The van der Waals surface area contributed by atoms with Crippen LogP contribution < -0.4 is 4.74 Å². The minimum atomic E-state index is 0.122. The van der Waals surface area contributed by atoms with Gasteiger partial charge in [-0.15, -0.1) is 0 Å². The van der Waals surface area contributed by atoms with E-state index in [1.165, 1.54) is 5.56 Å². The van der Waals surface area contributed by atoms with Crippen molar-refractivity contribution >= 4 is 12.6 Å². The van der Waals surface area contributed by atoms with Gasteiger partial charge in [-0.05, 0) is 29.4 Å². The maximum absolute atomic E-state index is 5.80. The van der Waals surface area contributed by atoms with Gasteiger partial charge in [-0.1, -0.05) is 39.8 Å². The lowest BCUT2D eigenvalue weighted by atomic mass is 9.98. The first-order valence-electron chi connectivity index (χ1n) is 5.78. The third-order valence-electron chi connectivity index (χ3n) is 2.58. The zero-order chi connectivity index (χ0) is 12.2. The molecule has 1 aromatic rings. The van der Waals surface area contributed by atoms with Gasteiger partial charge in [-0.2, -0.15) is 12.6 Å². The highest BCUT2D eigenvalue weighted by atomic mass is 32.1. The highest BCUT2D eigenvalue weighted by Crippen LogP contribution is 2.23. The molecule has 0 amide bonds. The normalized spacial score (nSPS) is 11.9. The molecule has 0 aliphatic heterocycles. The summed E-state index contributed by atoms with van der Waals surface area (Å²) in [6.07, 6.45) is 0. The second-order valence-corrected chi connectivity index (χ2v) is 5.65. The lowest BCUT2D eigenvalue weighted by molar-refractivity contribution is 0.202. The van der Waals surface area contributed by atoms with Crippen LogP contribution in [0.5, 0.6) is 5.75 Å². The fourth-order valence-corrected chi connectivity index (χ4v) is 1.38. The van der Waals surface area contributed by atoms with Crippen LogP contribution in [-0.4, -0.2) is 12.4 Å². The van der Waals surface area contributed by atoms with Crippen LogP contribution in [-0.2, 0) is 0 Å². The molecule has 1 nitrogen and oxygen atoms in total. The topological polar surface area (TPSA) is 9.23 Å². The molecule has 0 aromatic heterocycles. The van der Waals surface area contributed by atoms with Crippen LogP contribution in [0.3, 0.4) is 0 Å². The van der Waals surface area contributed by atoms with E-state index in [1.54, 1.807) is 0 Å². The molecular weight excluding hydrogens is 216 g/mol. The van der Waals surface area contributed by atoms with E-state index >= 15 is 0 Å². The largest absolute Gasteiger partial charge is 0.493 e. The second kappa shape index (κ2) is 5.62. The molecule has 0 saturated heterocycles. The van der Waals surface area contributed by atoms with Crippen LogP contribution >= 0.6 is 12.6 Å². The summed E-state index contributed by atoms with van der Waals surface area (Å²) < 4.78 is 5.80. The Hall–Kier alpha value is -0.630. The lowest BCUT2D eigenvalue weighted by Crippen LogP contribution is -2.23. The van der Waals surface area contributed by atoms with Crippen molar-refractivity contribution in [2.45, 2.75) is 33.6 Å². The van der Waals surface area contributed by atoms with Gasteiger partial charge in [0, 0.05) is 5.41 Å². The molecule has 0 bridgehead atoms. The van der Waals surface area contributed by atoms with Gasteiger partial charge in [-0.3, -0.25) is 0 Å². The second-order valence-electron chi connectivity index (χ2n) is 5.34. The fourth-order valence-electron chi connectivity index (χ4n) is 1.29. The molecule has 16 heavy (non-hydrogen) atoms. The van der Waals surface area contributed by atoms with E-state index in [4.69, 9.17) is 4.74 Å². The molecule has 0 radical (unpaired) electrons. The van der Waals surface area contributed by atoms with Crippen molar-refractivity contribution in [3.8, 4) is 5.75 Å². The maximum atomic E-state index is 5.80. The lowest BCUT2D eigenvalue weighted by Gasteiger charge is -2.22. The highest BCUT2D eigenvalue weighted by Gasteiger charge is 2.16. The van der Waals surface area contributed by atoms with Crippen LogP contribution in [0.1, 0.15) is 39.2 Å². The fraction of sp³-hybridized carbons (Fsp3) is 0.571. The highest BCUT2D eigenvalue weighted by molar-refractivity contribution is 7.80. The molecule has 1 aromatic carbocycles. The van der Waals surface area contributed by atoms with Gasteiger partial charge in [0.25, 0.3) is 0 Å². The molecule has 0 unspecified atom stereocenters. The molecule has 90 valence electrons. The van der Waals surface area contributed by atoms with Crippen LogP contribution in [0.25, 0.3) is 0 Å². The number of hydrogen-bond donors (Lipinski definition) is 1. The zero-order valence-corrected chi connectivity index (χ0v) is 11.6. The summed E-state index contributed by atoms with van der Waals surface area (Å²) in [7, 11) is 0. The first-order valence-corrected chi connectivity index (χ1v) is 6.41. The molecule has 0 spiro atoms. The van der Waals surface area contributed by atoms with E-state index in [1.807, 2.05) is 6.07 Å². The Morgan fingerprint density at radius 1 is 1.31 bits per heavy atom. The van der Waals surface area contributed by atoms with Crippen molar-refractivity contribution in [2.24, 2.45) is 5.41 Å². The maximum Gasteiger partial charge on any atom is 0.119 e. The quantitative estimate of drug-likeness (QED) is 0.758. The Kier molecular flexibility index (Phi) is 4.72. The number of thiol groups is 1. The van der Waals surface area contributed by atoms with E-state index in [9.17, 15) is 0 Å². The zero-order valence-electron chi connectivity index (χ0n) is 10.7. The number of benzene rings is 1. The van der Waals surface area contributed by atoms with Crippen molar-refractivity contribution < 1.29 is 4.74 Å². The summed E-state index contributed by atoms with van der Waals surface area (Å²) in [5.74, 6) is 2.33. The van der Waals surface area contributed by atoms with Gasteiger partial charge in [0.1, 0.15) is 5.75 Å². The van der Waals surface area contributed by atoms with Crippen molar-refractivity contribution in [3.05, 3.63) is 29.8 Å². The first-order chi connectivity index (χ1) is 7.44. The minimum Gasteiger partial charge on any atom is -0.493 e. The predicted octanol–water partition coefficient (Wildman–Crippen LogP) is 4.14. The minimum absolute atomic E-state index is 0.122. The smallest absolute Gasteiger partial charge is 0.119 e. The number of hydrogen-bond acceptors (Lipinski definition) is 2. The van der Waals surface area contributed by atoms with E-state index in [0.29, 0.717) is 12.5 Å². The Balaban J connectivity index is 2.64. The van der Waals surface area contributed by atoms with E-state index in [-0.39, 0.29) is 5.41 Å². The summed E-state index contributed by atoms with van der Waals surface area (Å²) in [5.41, 5.74) is 1.44. The summed E-state index contributed by atoms with van der Waals surface area (Å²) in [6.45, 7) is 9.41. The van der Waals surface area contributed by atoms with Gasteiger partial charge in [-0.25, -0.2) is 0 Å². The summed E-state index contributed by atoms with van der Waals surface area (Å²) in [5, 5.41) is 0. The third kappa shape index (κ3) is 4.09. The SMILES string of the molecule is CC(C)c1cccc(OCC(C)(C)CS)c1. The third-order valence-corrected chi connectivity index (χ3v) is 3.44. The summed E-state index contributed by atoms with van der Waals surface area (Å²) in [4.78, 5) is 0. The summed E-state index contributed by atoms with van der Waals surface area (Å²) >= 11 is 4.32. The van der Waals surface area contributed by atoms with Gasteiger partial charge in [0.15, 0.2) is 0 Å². The van der Waals surface area contributed by atoms with Crippen molar-refractivity contribution in [3.63, 3.8) is 0 Å². The monoisotopic (exact) mass is 238 g/mol. The molecule has 0 aliphatic carbocycles. The molecule has 2 heteroatoms. The van der Waals surface area contributed by atoms with Crippen LogP contribution in [0.2, 0.25) is 0 Å². The van der Waals surface area contributed by atoms with Gasteiger partial charge in [0.05, 0.1) is 6.61 Å². The Morgan fingerprint density at radius 3 is 2.56 bits per heavy atom. The van der Waals surface area contributed by atoms with Crippen molar-refractivity contribution in [2.75, 3.05) is 12.4 Å². The molecule has 0 N–H and O–H groups in total.